The average molecular weight is 216 g/mol. The maximum atomic E-state index is 5.58. The van der Waals surface area contributed by atoms with E-state index in [0.717, 1.165) is 30.2 Å². The Balaban J connectivity index is 2.37. The SMILES string of the molecule is CCCc1nccn1-c1cccc(CN)n1. The highest BCUT2D eigenvalue weighted by Gasteiger charge is 2.05. The van der Waals surface area contributed by atoms with Crippen LogP contribution >= 0.6 is 0 Å². The molecule has 0 aromatic carbocycles. The molecule has 0 aliphatic heterocycles. The van der Waals surface area contributed by atoms with Crippen molar-refractivity contribution in [2.75, 3.05) is 0 Å². The van der Waals surface area contributed by atoms with Crippen LogP contribution in [0.4, 0.5) is 0 Å². The summed E-state index contributed by atoms with van der Waals surface area (Å²) in [6.45, 7) is 2.61. The summed E-state index contributed by atoms with van der Waals surface area (Å²) in [5.74, 6) is 1.94. The van der Waals surface area contributed by atoms with Gasteiger partial charge in [0.05, 0.1) is 5.69 Å². The molecule has 0 aliphatic rings. The molecule has 16 heavy (non-hydrogen) atoms. The number of hydrogen-bond acceptors (Lipinski definition) is 3. The quantitative estimate of drug-likeness (QED) is 0.846. The molecule has 2 N–H and O–H groups in total. The van der Waals surface area contributed by atoms with Gasteiger partial charge in [-0.1, -0.05) is 13.0 Å². The molecule has 0 radical (unpaired) electrons. The Hall–Kier alpha value is -1.68. The lowest BCUT2D eigenvalue weighted by Crippen LogP contribution is -2.06. The number of imidazole rings is 1. The van der Waals surface area contributed by atoms with Gasteiger partial charge in [0.1, 0.15) is 11.6 Å². The zero-order valence-electron chi connectivity index (χ0n) is 9.43. The van der Waals surface area contributed by atoms with Crippen LogP contribution in [0, 0.1) is 0 Å². The number of aryl methyl sites for hydroxylation is 1. The minimum Gasteiger partial charge on any atom is -0.325 e. The molecule has 0 fully saturated rings. The Morgan fingerprint density at radius 1 is 1.38 bits per heavy atom. The van der Waals surface area contributed by atoms with Crippen molar-refractivity contribution in [2.24, 2.45) is 5.73 Å². The second-order valence-corrected chi connectivity index (χ2v) is 3.65. The van der Waals surface area contributed by atoms with Crippen molar-refractivity contribution in [1.29, 1.82) is 0 Å². The summed E-state index contributed by atoms with van der Waals surface area (Å²) < 4.78 is 2.02. The van der Waals surface area contributed by atoms with Crippen LogP contribution in [-0.4, -0.2) is 14.5 Å². The zero-order chi connectivity index (χ0) is 11.4. The van der Waals surface area contributed by atoms with Crippen molar-refractivity contribution >= 4 is 0 Å². The van der Waals surface area contributed by atoms with E-state index in [1.54, 1.807) is 0 Å². The summed E-state index contributed by atoms with van der Waals surface area (Å²) in [5.41, 5.74) is 6.48. The molecule has 4 heteroatoms. The first-order chi connectivity index (χ1) is 7.85. The second kappa shape index (κ2) is 4.90. The molecular weight excluding hydrogens is 200 g/mol. The van der Waals surface area contributed by atoms with Crippen LogP contribution in [0.3, 0.4) is 0 Å². The number of hydrogen-bond donors (Lipinski definition) is 1. The van der Waals surface area contributed by atoms with E-state index in [1.165, 1.54) is 0 Å². The van der Waals surface area contributed by atoms with Crippen molar-refractivity contribution in [1.82, 2.24) is 14.5 Å². The first-order valence-electron chi connectivity index (χ1n) is 5.53. The van der Waals surface area contributed by atoms with Crippen LogP contribution in [0.25, 0.3) is 5.82 Å². The van der Waals surface area contributed by atoms with E-state index in [2.05, 4.69) is 16.9 Å². The van der Waals surface area contributed by atoms with Gasteiger partial charge < -0.3 is 5.73 Å². The number of aromatic nitrogens is 3. The molecule has 2 heterocycles. The summed E-state index contributed by atoms with van der Waals surface area (Å²) in [7, 11) is 0. The number of pyridine rings is 1. The Morgan fingerprint density at radius 3 is 3.00 bits per heavy atom. The smallest absolute Gasteiger partial charge is 0.138 e. The van der Waals surface area contributed by atoms with Gasteiger partial charge in [-0.2, -0.15) is 0 Å². The van der Waals surface area contributed by atoms with Crippen LogP contribution in [0.1, 0.15) is 24.9 Å². The molecule has 2 rings (SSSR count). The first kappa shape index (κ1) is 10.8. The molecular formula is C12H16N4. The van der Waals surface area contributed by atoms with E-state index in [9.17, 15) is 0 Å². The lowest BCUT2D eigenvalue weighted by molar-refractivity contribution is 0.793. The number of rotatable bonds is 4. The third kappa shape index (κ3) is 2.12. The van der Waals surface area contributed by atoms with Crippen molar-refractivity contribution in [2.45, 2.75) is 26.3 Å². The van der Waals surface area contributed by atoms with Crippen LogP contribution in [0.2, 0.25) is 0 Å². The fraction of sp³-hybridized carbons (Fsp3) is 0.333. The number of nitrogens with zero attached hydrogens (tertiary/aromatic N) is 3. The number of nitrogens with two attached hydrogens (primary N) is 1. The molecule has 0 aliphatic carbocycles. The highest BCUT2D eigenvalue weighted by molar-refractivity contribution is 5.26. The molecule has 4 nitrogen and oxygen atoms in total. The van der Waals surface area contributed by atoms with Crippen molar-refractivity contribution < 1.29 is 0 Å². The second-order valence-electron chi connectivity index (χ2n) is 3.65. The predicted octanol–water partition coefficient (Wildman–Crippen LogP) is 1.68. The molecule has 0 saturated carbocycles. The maximum Gasteiger partial charge on any atom is 0.138 e. The van der Waals surface area contributed by atoms with Crippen molar-refractivity contribution in [3.8, 4) is 5.82 Å². The van der Waals surface area contributed by atoms with Gasteiger partial charge in [0.2, 0.25) is 0 Å². The molecule has 0 amide bonds. The minimum absolute atomic E-state index is 0.464. The third-order valence-corrected chi connectivity index (χ3v) is 2.44. The molecule has 84 valence electrons. The van der Waals surface area contributed by atoms with E-state index in [0.29, 0.717) is 6.54 Å². The van der Waals surface area contributed by atoms with Gasteiger partial charge in [-0.05, 0) is 18.6 Å². The van der Waals surface area contributed by atoms with Crippen LogP contribution in [0.5, 0.6) is 0 Å². The van der Waals surface area contributed by atoms with E-state index < -0.39 is 0 Å². The topological polar surface area (TPSA) is 56.7 Å². The summed E-state index contributed by atoms with van der Waals surface area (Å²) in [6.07, 6.45) is 5.78. The summed E-state index contributed by atoms with van der Waals surface area (Å²) >= 11 is 0. The zero-order valence-corrected chi connectivity index (χ0v) is 9.43. The highest BCUT2D eigenvalue weighted by Crippen LogP contribution is 2.10. The van der Waals surface area contributed by atoms with Crippen LogP contribution < -0.4 is 5.73 Å². The van der Waals surface area contributed by atoms with Crippen LogP contribution in [0.15, 0.2) is 30.6 Å². The summed E-state index contributed by atoms with van der Waals surface area (Å²) in [5, 5.41) is 0. The summed E-state index contributed by atoms with van der Waals surface area (Å²) in [6, 6.07) is 5.88. The normalized spacial score (nSPS) is 10.6. The Kier molecular flexibility index (Phi) is 3.31. The van der Waals surface area contributed by atoms with E-state index >= 15 is 0 Å². The Morgan fingerprint density at radius 2 is 2.25 bits per heavy atom. The van der Waals surface area contributed by atoms with Crippen molar-refractivity contribution in [3.05, 3.63) is 42.1 Å². The molecule has 2 aromatic rings. The van der Waals surface area contributed by atoms with Gasteiger partial charge in [-0.3, -0.25) is 4.57 Å². The van der Waals surface area contributed by atoms with E-state index in [1.807, 2.05) is 35.2 Å². The standard InChI is InChI=1S/C12H16N4/c1-2-4-11-14-7-8-16(11)12-6-3-5-10(9-13)15-12/h3,5-8H,2,4,9,13H2,1H3. The maximum absolute atomic E-state index is 5.58. The first-order valence-corrected chi connectivity index (χ1v) is 5.53. The van der Waals surface area contributed by atoms with Gasteiger partial charge in [0, 0.05) is 25.4 Å². The molecule has 0 saturated heterocycles. The molecule has 0 spiro atoms. The van der Waals surface area contributed by atoms with Gasteiger partial charge in [-0.15, -0.1) is 0 Å². The fourth-order valence-electron chi connectivity index (χ4n) is 1.67. The average Bonchev–Trinajstić information content (AvgIpc) is 2.78. The minimum atomic E-state index is 0.464. The lowest BCUT2D eigenvalue weighted by atomic mass is 10.3. The fourth-order valence-corrected chi connectivity index (χ4v) is 1.67. The lowest BCUT2D eigenvalue weighted by Gasteiger charge is -2.07. The van der Waals surface area contributed by atoms with Gasteiger partial charge in [-0.25, -0.2) is 9.97 Å². The molecule has 2 aromatic heterocycles. The predicted molar refractivity (Wildman–Crippen MR) is 63.2 cm³/mol. The van der Waals surface area contributed by atoms with Gasteiger partial charge in [0.15, 0.2) is 0 Å². The summed E-state index contributed by atoms with van der Waals surface area (Å²) in [4.78, 5) is 8.80. The third-order valence-electron chi connectivity index (χ3n) is 2.44. The monoisotopic (exact) mass is 216 g/mol. The Bertz CT molecular complexity index is 462. The van der Waals surface area contributed by atoms with E-state index in [-0.39, 0.29) is 0 Å². The Labute approximate surface area is 95.1 Å². The molecule has 0 atom stereocenters. The van der Waals surface area contributed by atoms with Crippen LogP contribution in [-0.2, 0) is 13.0 Å². The van der Waals surface area contributed by atoms with Gasteiger partial charge in [0.25, 0.3) is 0 Å². The van der Waals surface area contributed by atoms with Crippen molar-refractivity contribution in [3.63, 3.8) is 0 Å². The largest absolute Gasteiger partial charge is 0.325 e. The van der Waals surface area contributed by atoms with Gasteiger partial charge >= 0.3 is 0 Å². The highest BCUT2D eigenvalue weighted by atomic mass is 15.1. The molecule has 0 bridgehead atoms. The van der Waals surface area contributed by atoms with E-state index in [4.69, 9.17) is 5.73 Å². The molecule has 0 unspecified atom stereocenters.